The standard InChI is InChI=1S/C16H18N2O3S/c1-3-12-7-4-5-10-15(12)18-16(19)13-8-6-9-14(11-13)22(20,21)17-2/h4-11,17H,3H2,1-2H3,(H,18,19). The molecule has 5 nitrogen and oxygen atoms in total. The first-order chi connectivity index (χ1) is 10.5. The molecule has 116 valence electrons. The van der Waals surface area contributed by atoms with Crippen molar-refractivity contribution in [1.82, 2.24) is 4.72 Å². The highest BCUT2D eigenvalue weighted by atomic mass is 32.2. The van der Waals surface area contributed by atoms with E-state index in [4.69, 9.17) is 0 Å². The smallest absolute Gasteiger partial charge is 0.255 e. The zero-order valence-electron chi connectivity index (χ0n) is 12.5. The van der Waals surface area contributed by atoms with E-state index in [2.05, 4.69) is 10.0 Å². The summed E-state index contributed by atoms with van der Waals surface area (Å²) >= 11 is 0. The quantitative estimate of drug-likeness (QED) is 0.889. The Morgan fingerprint density at radius 3 is 2.50 bits per heavy atom. The average Bonchev–Trinajstić information content (AvgIpc) is 2.55. The van der Waals surface area contributed by atoms with Gasteiger partial charge >= 0.3 is 0 Å². The van der Waals surface area contributed by atoms with Gasteiger partial charge in [-0.1, -0.05) is 31.2 Å². The van der Waals surface area contributed by atoms with Crippen molar-refractivity contribution < 1.29 is 13.2 Å². The van der Waals surface area contributed by atoms with Crippen molar-refractivity contribution in [3.05, 3.63) is 59.7 Å². The molecule has 22 heavy (non-hydrogen) atoms. The third-order valence-corrected chi connectivity index (χ3v) is 4.73. The Balaban J connectivity index is 2.29. The van der Waals surface area contributed by atoms with Crippen LogP contribution in [0, 0.1) is 0 Å². The lowest BCUT2D eigenvalue weighted by atomic mass is 10.1. The number of rotatable bonds is 5. The van der Waals surface area contributed by atoms with Gasteiger partial charge in [-0.3, -0.25) is 4.79 Å². The van der Waals surface area contributed by atoms with Crippen molar-refractivity contribution in [3.63, 3.8) is 0 Å². The van der Waals surface area contributed by atoms with Crippen molar-refractivity contribution in [2.75, 3.05) is 12.4 Å². The second-order valence-corrected chi connectivity index (χ2v) is 6.59. The highest BCUT2D eigenvalue weighted by Crippen LogP contribution is 2.18. The minimum absolute atomic E-state index is 0.0615. The Hall–Kier alpha value is -2.18. The van der Waals surface area contributed by atoms with Gasteiger partial charge in [-0.05, 0) is 43.3 Å². The zero-order chi connectivity index (χ0) is 16.2. The van der Waals surface area contributed by atoms with Gasteiger partial charge in [0.2, 0.25) is 10.0 Å². The van der Waals surface area contributed by atoms with Crippen LogP contribution in [0.15, 0.2) is 53.4 Å². The van der Waals surface area contributed by atoms with E-state index in [1.807, 2.05) is 31.2 Å². The largest absolute Gasteiger partial charge is 0.322 e. The number of aryl methyl sites for hydroxylation is 1. The zero-order valence-corrected chi connectivity index (χ0v) is 13.3. The molecule has 0 saturated heterocycles. The molecule has 0 atom stereocenters. The monoisotopic (exact) mass is 318 g/mol. The summed E-state index contributed by atoms with van der Waals surface area (Å²) < 4.78 is 25.8. The van der Waals surface area contributed by atoms with Crippen LogP contribution in [-0.4, -0.2) is 21.4 Å². The predicted molar refractivity (Wildman–Crippen MR) is 86.5 cm³/mol. The SMILES string of the molecule is CCc1ccccc1NC(=O)c1cccc(S(=O)(=O)NC)c1. The van der Waals surface area contributed by atoms with Crippen LogP contribution in [0.3, 0.4) is 0 Å². The molecule has 0 aliphatic heterocycles. The maximum absolute atomic E-state index is 12.3. The molecule has 0 saturated carbocycles. The molecule has 2 aromatic rings. The molecule has 0 unspecified atom stereocenters. The average molecular weight is 318 g/mol. The van der Waals surface area contributed by atoms with Gasteiger partial charge in [0.1, 0.15) is 0 Å². The van der Waals surface area contributed by atoms with Crippen LogP contribution in [0.25, 0.3) is 0 Å². The third-order valence-electron chi connectivity index (χ3n) is 3.32. The summed E-state index contributed by atoms with van der Waals surface area (Å²) in [6.45, 7) is 2.01. The minimum Gasteiger partial charge on any atom is -0.322 e. The number of sulfonamides is 1. The number of carbonyl (C=O) groups excluding carboxylic acids is 1. The molecule has 1 amide bonds. The summed E-state index contributed by atoms with van der Waals surface area (Å²) in [5.41, 5.74) is 2.05. The van der Waals surface area contributed by atoms with Gasteiger partial charge in [-0.25, -0.2) is 13.1 Å². The Labute approximate surface area is 130 Å². The van der Waals surface area contributed by atoms with Crippen LogP contribution >= 0.6 is 0 Å². The van der Waals surface area contributed by atoms with Crippen LogP contribution in [0.4, 0.5) is 5.69 Å². The molecule has 0 aliphatic rings. The van der Waals surface area contributed by atoms with Gasteiger partial charge in [0, 0.05) is 11.3 Å². The number of benzene rings is 2. The first kappa shape index (κ1) is 16.2. The molecule has 0 spiro atoms. The van der Waals surface area contributed by atoms with Crippen molar-refractivity contribution >= 4 is 21.6 Å². The van der Waals surface area contributed by atoms with Crippen LogP contribution in [0.2, 0.25) is 0 Å². The first-order valence-corrected chi connectivity index (χ1v) is 8.39. The lowest BCUT2D eigenvalue weighted by Gasteiger charge is -2.10. The predicted octanol–water partition coefficient (Wildman–Crippen LogP) is 2.41. The van der Waals surface area contributed by atoms with E-state index in [1.54, 1.807) is 12.1 Å². The van der Waals surface area contributed by atoms with Crippen LogP contribution < -0.4 is 10.0 Å². The maximum atomic E-state index is 12.3. The third kappa shape index (κ3) is 3.52. The maximum Gasteiger partial charge on any atom is 0.255 e. The van der Waals surface area contributed by atoms with E-state index in [1.165, 1.54) is 19.2 Å². The van der Waals surface area contributed by atoms with Gasteiger partial charge in [0.05, 0.1) is 4.90 Å². The van der Waals surface area contributed by atoms with E-state index in [9.17, 15) is 13.2 Å². The Morgan fingerprint density at radius 1 is 1.09 bits per heavy atom. The molecule has 0 aliphatic carbocycles. The number of carbonyl (C=O) groups is 1. The van der Waals surface area contributed by atoms with Crippen LogP contribution in [0.1, 0.15) is 22.8 Å². The van der Waals surface area contributed by atoms with E-state index in [0.29, 0.717) is 5.56 Å². The van der Waals surface area contributed by atoms with Crippen molar-refractivity contribution in [2.45, 2.75) is 18.2 Å². The molecule has 2 N–H and O–H groups in total. The number of nitrogens with one attached hydrogen (secondary N) is 2. The fraction of sp³-hybridized carbons (Fsp3) is 0.188. The number of para-hydroxylation sites is 1. The molecular weight excluding hydrogens is 300 g/mol. The fourth-order valence-electron chi connectivity index (χ4n) is 2.07. The van der Waals surface area contributed by atoms with Crippen molar-refractivity contribution in [3.8, 4) is 0 Å². The van der Waals surface area contributed by atoms with E-state index >= 15 is 0 Å². The van der Waals surface area contributed by atoms with Crippen LogP contribution in [-0.2, 0) is 16.4 Å². The highest BCUT2D eigenvalue weighted by Gasteiger charge is 2.14. The number of hydrogen-bond donors (Lipinski definition) is 2. The van der Waals surface area contributed by atoms with E-state index in [-0.39, 0.29) is 10.8 Å². The van der Waals surface area contributed by atoms with Gasteiger partial charge < -0.3 is 5.32 Å². The highest BCUT2D eigenvalue weighted by molar-refractivity contribution is 7.89. The first-order valence-electron chi connectivity index (χ1n) is 6.91. The molecular formula is C16H18N2O3S. The molecule has 0 radical (unpaired) electrons. The van der Waals surface area contributed by atoms with Gasteiger partial charge in [0.25, 0.3) is 5.91 Å². The fourth-order valence-corrected chi connectivity index (χ4v) is 2.84. The second kappa shape index (κ2) is 6.72. The van der Waals surface area contributed by atoms with Crippen molar-refractivity contribution in [2.24, 2.45) is 0 Å². The summed E-state index contributed by atoms with van der Waals surface area (Å²) in [6, 6.07) is 13.5. The van der Waals surface area contributed by atoms with Crippen LogP contribution in [0.5, 0.6) is 0 Å². The topological polar surface area (TPSA) is 75.3 Å². The lowest BCUT2D eigenvalue weighted by molar-refractivity contribution is 0.102. The van der Waals surface area contributed by atoms with Crippen molar-refractivity contribution in [1.29, 1.82) is 0 Å². The van der Waals surface area contributed by atoms with E-state index in [0.717, 1.165) is 17.7 Å². The Bertz CT molecular complexity index is 785. The molecule has 0 bridgehead atoms. The second-order valence-electron chi connectivity index (χ2n) is 4.70. The minimum atomic E-state index is -3.57. The van der Waals surface area contributed by atoms with Gasteiger partial charge in [0.15, 0.2) is 0 Å². The summed E-state index contributed by atoms with van der Waals surface area (Å²) in [5, 5.41) is 2.82. The molecule has 2 aromatic carbocycles. The van der Waals surface area contributed by atoms with Gasteiger partial charge in [-0.2, -0.15) is 0 Å². The molecule has 2 rings (SSSR count). The normalized spacial score (nSPS) is 11.2. The summed E-state index contributed by atoms with van der Waals surface area (Å²) in [6.07, 6.45) is 0.796. The Kier molecular flexibility index (Phi) is 4.95. The van der Waals surface area contributed by atoms with E-state index < -0.39 is 10.0 Å². The summed E-state index contributed by atoms with van der Waals surface area (Å²) in [5.74, 6) is -0.339. The Morgan fingerprint density at radius 2 is 1.82 bits per heavy atom. The molecule has 6 heteroatoms. The lowest BCUT2D eigenvalue weighted by Crippen LogP contribution is -2.19. The number of hydrogen-bond acceptors (Lipinski definition) is 3. The summed E-state index contributed by atoms with van der Waals surface area (Å²) in [4.78, 5) is 12.4. The number of amides is 1. The summed E-state index contributed by atoms with van der Waals surface area (Å²) in [7, 11) is -2.24. The van der Waals surface area contributed by atoms with Gasteiger partial charge in [-0.15, -0.1) is 0 Å². The molecule has 0 heterocycles. The molecule has 0 aromatic heterocycles. The molecule has 0 fully saturated rings. The number of anilines is 1.